The van der Waals surface area contributed by atoms with E-state index in [1.54, 1.807) is 17.0 Å². The number of carbonyl (C=O) groups is 4. The molecule has 0 bridgehead atoms. The molecule has 0 saturated carbocycles. The molecule has 1 unspecified atom stereocenters. The van der Waals surface area contributed by atoms with E-state index < -0.39 is 11.9 Å². The van der Waals surface area contributed by atoms with Gasteiger partial charge in [0, 0.05) is 36.2 Å². The molecule has 10 heteroatoms. The van der Waals surface area contributed by atoms with Crippen molar-refractivity contribution in [3.63, 3.8) is 0 Å². The molecule has 38 heavy (non-hydrogen) atoms. The highest BCUT2D eigenvalue weighted by molar-refractivity contribution is 6.05. The second-order valence-corrected chi connectivity index (χ2v) is 9.93. The fourth-order valence-electron chi connectivity index (χ4n) is 5.17. The summed E-state index contributed by atoms with van der Waals surface area (Å²) in [5.41, 5.74) is 3.54. The van der Waals surface area contributed by atoms with Crippen molar-refractivity contribution in [3.8, 4) is 5.75 Å². The molecule has 3 heterocycles. The smallest absolute Gasteiger partial charge is 0.290 e. The summed E-state index contributed by atoms with van der Waals surface area (Å²) in [5.74, 6) is -0.262. The molecule has 0 aliphatic carbocycles. The minimum atomic E-state index is -0.636. The third kappa shape index (κ3) is 5.71. The van der Waals surface area contributed by atoms with Gasteiger partial charge in [-0.2, -0.15) is 0 Å². The van der Waals surface area contributed by atoms with Crippen LogP contribution >= 0.6 is 0 Å². The van der Waals surface area contributed by atoms with Gasteiger partial charge in [-0.1, -0.05) is 30.3 Å². The van der Waals surface area contributed by atoms with Crippen LogP contribution in [0.2, 0.25) is 0 Å². The van der Waals surface area contributed by atoms with Gasteiger partial charge in [0.05, 0.1) is 19.8 Å². The summed E-state index contributed by atoms with van der Waals surface area (Å²) in [5, 5.41) is 9.23. The zero-order valence-corrected chi connectivity index (χ0v) is 21.6. The molecule has 2 saturated heterocycles. The van der Waals surface area contributed by atoms with Crippen molar-refractivity contribution in [2.75, 3.05) is 26.3 Å². The number of rotatable bonds is 6. The van der Waals surface area contributed by atoms with Crippen LogP contribution in [-0.2, 0) is 37.8 Å². The van der Waals surface area contributed by atoms with Crippen LogP contribution in [0.15, 0.2) is 42.5 Å². The molecule has 10 nitrogen and oxygen atoms in total. The molecule has 0 aromatic heterocycles. The van der Waals surface area contributed by atoms with Gasteiger partial charge in [-0.25, -0.2) is 0 Å². The Morgan fingerprint density at radius 3 is 2.45 bits per heavy atom. The zero-order chi connectivity index (χ0) is 27.3. The Bertz CT molecular complexity index is 1190. The summed E-state index contributed by atoms with van der Waals surface area (Å²) < 4.78 is 11.6. The molecule has 2 fully saturated rings. The first kappa shape index (κ1) is 27.3. The normalized spacial score (nSPS) is 19.8. The molecule has 1 atom stereocenters. The summed E-state index contributed by atoms with van der Waals surface area (Å²) in [4.78, 5) is 49.2. The number of nitrogens with zero attached hydrogens (tertiary/aromatic N) is 2. The Morgan fingerprint density at radius 2 is 1.79 bits per heavy atom. The second kappa shape index (κ2) is 11.7. The van der Waals surface area contributed by atoms with E-state index in [2.05, 4.69) is 48.3 Å². The van der Waals surface area contributed by atoms with Crippen molar-refractivity contribution in [2.24, 2.45) is 0 Å². The predicted octanol–water partition coefficient (Wildman–Crippen LogP) is 2.29. The van der Waals surface area contributed by atoms with Crippen LogP contribution < -0.4 is 10.1 Å². The van der Waals surface area contributed by atoms with E-state index >= 15 is 0 Å². The number of morpholine rings is 1. The standard InChI is InChI=1S/C27H31N3O5.CH2O2/c1-27(2,29-12-14-34-15-13-29)19-8-6-18(7-9-19)17-35-23-5-3-4-20-21(23)16-30(26(20)33)22-10-11-24(31)28-25(22)32;2-1-3/h3-9,22H,10-17H2,1-2H3,(H,28,31,32);1H,(H,2,3). The number of carbonyl (C=O) groups excluding carboxylic acids is 3. The van der Waals surface area contributed by atoms with Gasteiger partial charge in [0.25, 0.3) is 12.4 Å². The lowest BCUT2D eigenvalue weighted by Crippen LogP contribution is -2.52. The molecule has 2 aromatic rings. The molecular formula is C28H33N3O7. The van der Waals surface area contributed by atoms with Crippen LogP contribution in [0.25, 0.3) is 0 Å². The minimum absolute atomic E-state index is 0.0801. The quantitative estimate of drug-likeness (QED) is 0.437. The van der Waals surface area contributed by atoms with E-state index in [9.17, 15) is 14.4 Å². The van der Waals surface area contributed by atoms with Crippen LogP contribution in [0.3, 0.4) is 0 Å². The number of piperidine rings is 1. The Labute approximate surface area is 221 Å². The van der Waals surface area contributed by atoms with Gasteiger partial charge >= 0.3 is 0 Å². The maximum atomic E-state index is 13.0. The van der Waals surface area contributed by atoms with Crippen LogP contribution in [0.5, 0.6) is 5.75 Å². The van der Waals surface area contributed by atoms with E-state index in [4.69, 9.17) is 19.4 Å². The van der Waals surface area contributed by atoms with E-state index in [1.807, 2.05) is 6.07 Å². The monoisotopic (exact) mass is 523 g/mol. The fourth-order valence-corrected chi connectivity index (χ4v) is 5.17. The zero-order valence-electron chi connectivity index (χ0n) is 21.6. The van der Waals surface area contributed by atoms with Crippen LogP contribution in [0.1, 0.15) is 53.7 Å². The molecule has 3 aliphatic heterocycles. The molecule has 2 aromatic carbocycles. The van der Waals surface area contributed by atoms with Gasteiger partial charge in [0.1, 0.15) is 18.4 Å². The number of nitrogens with one attached hydrogen (secondary N) is 1. The molecular weight excluding hydrogens is 490 g/mol. The highest BCUT2D eigenvalue weighted by atomic mass is 16.5. The Balaban J connectivity index is 0.00000107. The van der Waals surface area contributed by atoms with Gasteiger partial charge in [0.15, 0.2) is 0 Å². The molecule has 2 N–H and O–H groups in total. The van der Waals surface area contributed by atoms with Crippen LogP contribution in [-0.4, -0.2) is 71.4 Å². The lowest BCUT2D eigenvalue weighted by Gasteiger charge is -2.41. The Kier molecular flexibility index (Phi) is 8.43. The number of imide groups is 1. The Morgan fingerprint density at radius 1 is 1.11 bits per heavy atom. The molecule has 0 radical (unpaired) electrons. The lowest BCUT2D eigenvalue weighted by molar-refractivity contribution is -0.137. The summed E-state index contributed by atoms with van der Waals surface area (Å²) in [6.45, 7) is 8.27. The van der Waals surface area contributed by atoms with E-state index in [-0.39, 0.29) is 30.2 Å². The van der Waals surface area contributed by atoms with E-state index in [0.29, 0.717) is 30.9 Å². The number of amides is 3. The van der Waals surface area contributed by atoms with E-state index in [0.717, 1.165) is 37.4 Å². The molecule has 3 aliphatic rings. The molecule has 0 spiro atoms. The first-order valence-electron chi connectivity index (χ1n) is 12.7. The topological polar surface area (TPSA) is 125 Å². The number of fused-ring (bicyclic) bond motifs is 1. The van der Waals surface area contributed by atoms with Gasteiger partial charge < -0.3 is 19.5 Å². The summed E-state index contributed by atoms with van der Waals surface area (Å²) >= 11 is 0. The van der Waals surface area contributed by atoms with Crippen molar-refractivity contribution in [1.82, 2.24) is 15.1 Å². The maximum Gasteiger partial charge on any atom is 0.290 e. The summed E-state index contributed by atoms with van der Waals surface area (Å²) in [6.07, 6.45) is 0.575. The predicted molar refractivity (Wildman–Crippen MR) is 137 cm³/mol. The number of ether oxygens (including phenoxy) is 2. The molecule has 5 rings (SSSR count). The van der Waals surface area contributed by atoms with Crippen LogP contribution in [0.4, 0.5) is 0 Å². The SMILES string of the molecule is CC(C)(c1ccc(COc2cccc3c2CN(C2CCC(=O)NC2=O)C3=O)cc1)N1CCOCC1.O=CO. The van der Waals surface area contributed by atoms with Crippen molar-refractivity contribution in [3.05, 3.63) is 64.7 Å². The molecule has 202 valence electrons. The van der Waals surface area contributed by atoms with Crippen molar-refractivity contribution < 1.29 is 33.8 Å². The number of hydrogen-bond acceptors (Lipinski definition) is 7. The fraction of sp³-hybridized carbons (Fsp3) is 0.429. The first-order chi connectivity index (χ1) is 18.3. The highest BCUT2D eigenvalue weighted by Gasteiger charge is 2.40. The summed E-state index contributed by atoms with van der Waals surface area (Å²) in [6, 6.07) is 13.3. The maximum absolute atomic E-state index is 13.0. The third-order valence-electron chi connectivity index (χ3n) is 7.40. The number of carboxylic acid groups (broad SMARTS) is 1. The van der Waals surface area contributed by atoms with Crippen molar-refractivity contribution >= 4 is 24.2 Å². The molecule has 3 amide bonds. The second-order valence-electron chi connectivity index (χ2n) is 9.93. The average molecular weight is 524 g/mol. The average Bonchev–Trinajstić information content (AvgIpc) is 3.25. The first-order valence-corrected chi connectivity index (χ1v) is 12.7. The third-order valence-corrected chi connectivity index (χ3v) is 7.40. The van der Waals surface area contributed by atoms with Gasteiger partial charge in [-0.15, -0.1) is 0 Å². The van der Waals surface area contributed by atoms with E-state index in [1.165, 1.54) is 5.56 Å². The van der Waals surface area contributed by atoms with Crippen LogP contribution in [0, 0.1) is 0 Å². The Hall–Kier alpha value is -3.76. The summed E-state index contributed by atoms with van der Waals surface area (Å²) in [7, 11) is 0. The number of hydrogen-bond donors (Lipinski definition) is 2. The largest absolute Gasteiger partial charge is 0.489 e. The lowest BCUT2D eigenvalue weighted by atomic mass is 9.91. The van der Waals surface area contributed by atoms with Gasteiger partial charge in [0.2, 0.25) is 11.8 Å². The highest BCUT2D eigenvalue weighted by Crippen LogP contribution is 2.34. The number of benzene rings is 2. The van der Waals surface area contributed by atoms with Crippen molar-refractivity contribution in [2.45, 2.75) is 51.4 Å². The van der Waals surface area contributed by atoms with Gasteiger partial charge in [-0.3, -0.25) is 29.4 Å². The van der Waals surface area contributed by atoms with Gasteiger partial charge in [-0.05, 0) is 43.5 Å². The van der Waals surface area contributed by atoms with Crippen molar-refractivity contribution in [1.29, 1.82) is 0 Å². The minimum Gasteiger partial charge on any atom is -0.489 e.